The molecule has 0 aliphatic carbocycles. The van der Waals surface area contributed by atoms with E-state index in [2.05, 4.69) is 27.7 Å². The van der Waals surface area contributed by atoms with Gasteiger partial charge in [-0.1, -0.05) is 51.9 Å². The Kier molecular flexibility index (Phi) is 12.8. The van der Waals surface area contributed by atoms with E-state index < -0.39 is 0 Å². The molecule has 0 spiro atoms. The van der Waals surface area contributed by atoms with Crippen LogP contribution in [-0.2, 0) is 9.53 Å². The van der Waals surface area contributed by atoms with Gasteiger partial charge in [0.2, 0.25) is 0 Å². The van der Waals surface area contributed by atoms with Crippen molar-refractivity contribution in [1.82, 2.24) is 0 Å². The molecule has 21 heavy (non-hydrogen) atoms. The van der Waals surface area contributed by atoms with E-state index in [1.807, 2.05) is 0 Å². The van der Waals surface area contributed by atoms with Crippen molar-refractivity contribution < 1.29 is 14.0 Å². The van der Waals surface area contributed by atoms with Gasteiger partial charge in [0.15, 0.2) is 6.54 Å². The van der Waals surface area contributed by atoms with Crippen LogP contribution in [-0.4, -0.2) is 43.2 Å². The lowest BCUT2D eigenvalue weighted by atomic mass is 10.1. The lowest BCUT2D eigenvalue weighted by Gasteiger charge is -2.34. The molecule has 0 rings (SSSR count). The van der Waals surface area contributed by atoms with Crippen molar-refractivity contribution in [2.75, 3.05) is 32.8 Å². The number of carbonyl (C=O) groups excluding carboxylic acids is 1. The van der Waals surface area contributed by atoms with Crippen LogP contribution >= 0.6 is 0 Å². The van der Waals surface area contributed by atoms with Crippen molar-refractivity contribution in [3.05, 3.63) is 0 Å². The average molecular weight is 301 g/mol. The Morgan fingerprint density at radius 2 is 1.24 bits per heavy atom. The number of hydrogen-bond acceptors (Lipinski definition) is 2. The van der Waals surface area contributed by atoms with E-state index in [-0.39, 0.29) is 5.97 Å². The van der Waals surface area contributed by atoms with Gasteiger partial charge in [0, 0.05) is 0 Å². The first kappa shape index (κ1) is 20.4. The number of quaternary nitrogens is 1. The molecular weight excluding hydrogens is 262 g/mol. The van der Waals surface area contributed by atoms with Crippen molar-refractivity contribution in [2.24, 2.45) is 0 Å². The second-order valence-corrected chi connectivity index (χ2v) is 6.14. The highest BCUT2D eigenvalue weighted by atomic mass is 16.5. The second-order valence-electron chi connectivity index (χ2n) is 6.14. The van der Waals surface area contributed by atoms with Crippen molar-refractivity contribution in [2.45, 2.75) is 79.1 Å². The van der Waals surface area contributed by atoms with E-state index in [9.17, 15) is 4.79 Å². The molecular formula is C18H38NO2+. The standard InChI is InChI=1S/C18H38NO2/c1-5-9-10-11-12-13-14-15-16-21-18(20)17-19(6-2,7-3)8-4/h5-17H2,1-4H3/q+1. The van der Waals surface area contributed by atoms with Crippen LogP contribution in [0.4, 0.5) is 0 Å². The van der Waals surface area contributed by atoms with Crippen molar-refractivity contribution in [3.8, 4) is 0 Å². The molecule has 0 amide bonds. The number of hydrogen-bond donors (Lipinski definition) is 0. The molecule has 0 radical (unpaired) electrons. The van der Waals surface area contributed by atoms with Crippen LogP contribution in [0.15, 0.2) is 0 Å². The zero-order chi connectivity index (χ0) is 16.0. The summed E-state index contributed by atoms with van der Waals surface area (Å²) in [5.41, 5.74) is 0. The molecule has 126 valence electrons. The molecule has 0 aromatic heterocycles. The van der Waals surface area contributed by atoms with Gasteiger partial charge in [-0.25, -0.2) is 4.79 Å². The quantitative estimate of drug-likeness (QED) is 0.267. The van der Waals surface area contributed by atoms with Crippen LogP contribution in [0.3, 0.4) is 0 Å². The highest BCUT2D eigenvalue weighted by Crippen LogP contribution is 2.09. The first-order valence-electron chi connectivity index (χ1n) is 9.14. The van der Waals surface area contributed by atoms with Gasteiger partial charge >= 0.3 is 5.97 Å². The maximum atomic E-state index is 11.9. The van der Waals surface area contributed by atoms with Crippen molar-refractivity contribution >= 4 is 5.97 Å². The van der Waals surface area contributed by atoms with Crippen LogP contribution in [0.1, 0.15) is 79.1 Å². The van der Waals surface area contributed by atoms with Gasteiger partial charge in [0.05, 0.1) is 26.2 Å². The Labute approximate surface area is 132 Å². The number of likely N-dealkylation sites (N-methyl/N-ethyl adjacent to an activating group) is 1. The maximum Gasteiger partial charge on any atom is 0.361 e. The fourth-order valence-corrected chi connectivity index (χ4v) is 2.75. The predicted molar refractivity (Wildman–Crippen MR) is 90.3 cm³/mol. The molecule has 0 bridgehead atoms. The molecule has 0 heterocycles. The molecule has 0 aromatic carbocycles. The highest BCUT2D eigenvalue weighted by Gasteiger charge is 2.25. The fraction of sp³-hybridized carbons (Fsp3) is 0.944. The molecule has 3 heteroatoms. The zero-order valence-electron chi connectivity index (χ0n) is 15.0. The van der Waals surface area contributed by atoms with Gasteiger partial charge in [0.1, 0.15) is 0 Å². The van der Waals surface area contributed by atoms with Crippen LogP contribution in [0, 0.1) is 0 Å². The summed E-state index contributed by atoms with van der Waals surface area (Å²) in [6.45, 7) is 12.8. The molecule has 0 fully saturated rings. The number of unbranched alkanes of at least 4 members (excludes halogenated alkanes) is 7. The predicted octanol–water partition coefficient (Wildman–Crippen LogP) is 4.55. The van der Waals surface area contributed by atoms with Crippen LogP contribution in [0.5, 0.6) is 0 Å². The summed E-state index contributed by atoms with van der Waals surface area (Å²) in [5.74, 6) is -0.0245. The second kappa shape index (κ2) is 13.1. The summed E-state index contributed by atoms with van der Waals surface area (Å²) >= 11 is 0. The minimum absolute atomic E-state index is 0.0245. The van der Waals surface area contributed by atoms with Gasteiger partial charge in [-0.2, -0.15) is 0 Å². The summed E-state index contributed by atoms with van der Waals surface area (Å²) in [5, 5.41) is 0. The van der Waals surface area contributed by atoms with Crippen LogP contribution < -0.4 is 0 Å². The molecule has 0 N–H and O–H groups in total. The third kappa shape index (κ3) is 9.89. The lowest BCUT2D eigenvalue weighted by molar-refractivity contribution is -0.916. The summed E-state index contributed by atoms with van der Waals surface area (Å²) < 4.78 is 6.24. The fourth-order valence-electron chi connectivity index (χ4n) is 2.75. The van der Waals surface area contributed by atoms with Crippen molar-refractivity contribution in [3.63, 3.8) is 0 Å². The van der Waals surface area contributed by atoms with Gasteiger partial charge < -0.3 is 9.22 Å². The largest absolute Gasteiger partial charge is 0.462 e. The third-order valence-corrected chi connectivity index (χ3v) is 4.74. The monoisotopic (exact) mass is 300 g/mol. The summed E-state index contributed by atoms with van der Waals surface area (Å²) in [6, 6.07) is 0. The number of nitrogens with zero attached hydrogens (tertiary/aromatic N) is 1. The van der Waals surface area contributed by atoms with Gasteiger partial charge in [-0.05, 0) is 27.2 Å². The normalized spacial score (nSPS) is 11.6. The first-order chi connectivity index (χ1) is 10.1. The van der Waals surface area contributed by atoms with Gasteiger partial charge in [-0.15, -0.1) is 0 Å². The third-order valence-electron chi connectivity index (χ3n) is 4.74. The zero-order valence-corrected chi connectivity index (χ0v) is 15.0. The molecule has 3 nitrogen and oxygen atoms in total. The number of rotatable bonds is 14. The summed E-state index contributed by atoms with van der Waals surface area (Å²) in [6.07, 6.45) is 10.2. The molecule has 0 aromatic rings. The van der Waals surface area contributed by atoms with Crippen LogP contribution in [0.25, 0.3) is 0 Å². The molecule has 0 saturated carbocycles. The molecule has 0 aliphatic rings. The molecule has 0 aliphatic heterocycles. The Bertz CT molecular complexity index is 241. The average Bonchev–Trinajstić information content (AvgIpc) is 2.51. The lowest BCUT2D eigenvalue weighted by Crippen LogP contribution is -2.51. The number of carbonyl (C=O) groups is 1. The van der Waals surface area contributed by atoms with Crippen molar-refractivity contribution in [1.29, 1.82) is 0 Å². The van der Waals surface area contributed by atoms with Crippen LogP contribution in [0.2, 0.25) is 0 Å². The van der Waals surface area contributed by atoms with E-state index >= 15 is 0 Å². The van der Waals surface area contributed by atoms with Gasteiger partial charge in [0.25, 0.3) is 0 Å². The maximum absolute atomic E-state index is 11.9. The summed E-state index contributed by atoms with van der Waals surface area (Å²) in [7, 11) is 0. The Balaban J connectivity index is 3.58. The SMILES string of the molecule is CCCCCCCCCCOC(=O)C[N+](CC)(CC)CC. The topological polar surface area (TPSA) is 26.3 Å². The molecule has 0 saturated heterocycles. The Morgan fingerprint density at radius 1 is 0.762 bits per heavy atom. The smallest absolute Gasteiger partial charge is 0.361 e. The first-order valence-corrected chi connectivity index (χ1v) is 9.14. The number of ether oxygens (including phenoxy) is 1. The van der Waals surface area contributed by atoms with E-state index in [0.717, 1.165) is 30.5 Å². The van der Waals surface area contributed by atoms with E-state index in [1.54, 1.807) is 0 Å². The Morgan fingerprint density at radius 3 is 1.71 bits per heavy atom. The van der Waals surface area contributed by atoms with E-state index in [4.69, 9.17) is 4.74 Å². The highest BCUT2D eigenvalue weighted by molar-refractivity contribution is 5.70. The van der Waals surface area contributed by atoms with E-state index in [1.165, 1.54) is 44.9 Å². The molecule has 0 unspecified atom stereocenters. The molecule has 0 atom stereocenters. The minimum Gasteiger partial charge on any atom is -0.462 e. The minimum atomic E-state index is -0.0245. The summed E-state index contributed by atoms with van der Waals surface area (Å²) in [4.78, 5) is 11.9. The van der Waals surface area contributed by atoms with E-state index in [0.29, 0.717) is 13.2 Å². The van der Waals surface area contributed by atoms with Gasteiger partial charge in [-0.3, -0.25) is 0 Å². The Hall–Kier alpha value is -0.570. The number of esters is 1.